The van der Waals surface area contributed by atoms with Gasteiger partial charge in [0.15, 0.2) is 0 Å². The summed E-state index contributed by atoms with van der Waals surface area (Å²) in [7, 11) is 0. The second-order valence-corrected chi connectivity index (χ2v) is 6.95. The minimum Gasteiger partial charge on any atom is -0.322 e. The third-order valence-electron chi connectivity index (χ3n) is 3.05. The molecule has 1 heterocycles. The third-order valence-corrected chi connectivity index (χ3v) is 4.67. The molecule has 2 nitrogen and oxygen atoms in total. The van der Waals surface area contributed by atoms with Crippen molar-refractivity contribution in [2.75, 3.05) is 11.5 Å². The number of alkyl halides is 1. The summed E-state index contributed by atoms with van der Waals surface area (Å²) in [6.07, 6.45) is 0. The fraction of sp³-hybridized carbons (Fsp3) is 0.500. The lowest BCUT2D eigenvalue weighted by Gasteiger charge is -2.18. The summed E-state index contributed by atoms with van der Waals surface area (Å²) in [4.78, 5) is 4.64. The zero-order valence-corrected chi connectivity index (χ0v) is 13.7. The number of benzene rings is 1. The molecule has 0 aliphatic rings. The molecule has 1 aromatic carbocycles. The van der Waals surface area contributed by atoms with Gasteiger partial charge in [-0.1, -0.05) is 24.6 Å². The normalized spacial score (nSPS) is 14.8. The zero-order chi connectivity index (χ0) is 14.0. The van der Waals surface area contributed by atoms with Gasteiger partial charge >= 0.3 is 0 Å². The maximum absolute atomic E-state index is 6.35. The second-order valence-electron chi connectivity index (χ2n) is 4.57. The number of nitrogens with zero attached hydrogens (tertiary/aromatic N) is 2. The van der Waals surface area contributed by atoms with Gasteiger partial charge in [-0.2, -0.15) is 11.8 Å². The van der Waals surface area contributed by atoms with E-state index in [1.165, 1.54) is 0 Å². The van der Waals surface area contributed by atoms with E-state index < -0.39 is 0 Å². The lowest BCUT2D eigenvalue weighted by Crippen LogP contribution is -2.12. The Morgan fingerprint density at radius 1 is 1.37 bits per heavy atom. The standard InChI is InChI=1S/C14H18Cl2N2S/c1-4-19-8-9(2)18-13-11(16)6-5-7-12(13)17-14(18)10(3)15/h5-7,9-10H,4,8H2,1-3H3. The minimum absolute atomic E-state index is 0.127. The molecule has 0 saturated heterocycles. The van der Waals surface area contributed by atoms with Crippen molar-refractivity contribution < 1.29 is 0 Å². The van der Waals surface area contributed by atoms with Crippen LogP contribution < -0.4 is 0 Å². The molecular formula is C14H18Cl2N2S. The highest BCUT2D eigenvalue weighted by Crippen LogP contribution is 2.32. The average Bonchev–Trinajstić information content (AvgIpc) is 2.77. The molecule has 2 aromatic rings. The van der Waals surface area contributed by atoms with Crippen molar-refractivity contribution in [3.8, 4) is 0 Å². The fourth-order valence-corrected chi connectivity index (χ4v) is 3.35. The molecule has 0 spiro atoms. The monoisotopic (exact) mass is 316 g/mol. The summed E-state index contributed by atoms with van der Waals surface area (Å²) >= 11 is 14.5. The number of fused-ring (bicyclic) bond motifs is 1. The Morgan fingerprint density at radius 3 is 2.74 bits per heavy atom. The SMILES string of the molecule is CCSCC(C)n1c(C(C)Cl)nc2cccc(Cl)c21. The van der Waals surface area contributed by atoms with Crippen LogP contribution in [0.1, 0.15) is 38.0 Å². The van der Waals surface area contributed by atoms with Crippen molar-refractivity contribution in [3.63, 3.8) is 0 Å². The Balaban J connectivity index is 2.57. The molecule has 2 unspecified atom stereocenters. The Hall–Kier alpha value is -0.380. The van der Waals surface area contributed by atoms with Gasteiger partial charge in [0.25, 0.3) is 0 Å². The van der Waals surface area contributed by atoms with Gasteiger partial charge in [0.1, 0.15) is 5.82 Å². The summed E-state index contributed by atoms with van der Waals surface area (Å²) in [5.41, 5.74) is 1.92. The van der Waals surface area contributed by atoms with Crippen LogP contribution in [0.5, 0.6) is 0 Å². The molecule has 19 heavy (non-hydrogen) atoms. The molecule has 0 amide bonds. The van der Waals surface area contributed by atoms with Gasteiger partial charge in [-0.15, -0.1) is 11.6 Å². The number of para-hydroxylation sites is 1. The highest BCUT2D eigenvalue weighted by molar-refractivity contribution is 7.99. The third kappa shape index (κ3) is 3.04. The van der Waals surface area contributed by atoms with Crippen LogP contribution in [0.2, 0.25) is 5.02 Å². The Bertz CT molecular complexity index is 566. The van der Waals surface area contributed by atoms with Gasteiger partial charge in [-0.25, -0.2) is 4.98 Å². The number of imidazole rings is 1. The predicted octanol–water partition coefficient (Wildman–Crippen LogP) is 5.30. The first-order valence-corrected chi connectivity index (χ1v) is 8.41. The Labute approximate surface area is 128 Å². The summed E-state index contributed by atoms with van der Waals surface area (Å²) in [5, 5.41) is 0.611. The van der Waals surface area contributed by atoms with Crippen molar-refractivity contribution >= 4 is 46.0 Å². The minimum atomic E-state index is -0.127. The number of thioether (sulfide) groups is 1. The molecular weight excluding hydrogens is 299 g/mol. The van der Waals surface area contributed by atoms with Gasteiger partial charge in [0.2, 0.25) is 0 Å². The zero-order valence-electron chi connectivity index (χ0n) is 11.4. The number of halogens is 2. The molecule has 104 valence electrons. The van der Waals surface area contributed by atoms with Crippen molar-refractivity contribution in [2.24, 2.45) is 0 Å². The molecule has 0 fully saturated rings. The molecule has 5 heteroatoms. The van der Waals surface area contributed by atoms with Crippen molar-refractivity contribution in [2.45, 2.75) is 32.2 Å². The highest BCUT2D eigenvalue weighted by atomic mass is 35.5. The maximum Gasteiger partial charge on any atom is 0.128 e. The largest absolute Gasteiger partial charge is 0.322 e. The summed E-state index contributed by atoms with van der Waals surface area (Å²) < 4.78 is 2.19. The summed E-state index contributed by atoms with van der Waals surface area (Å²) in [6.45, 7) is 6.31. The number of hydrogen-bond donors (Lipinski definition) is 0. The maximum atomic E-state index is 6.35. The highest BCUT2D eigenvalue weighted by Gasteiger charge is 2.20. The summed E-state index contributed by atoms with van der Waals surface area (Å²) in [5.74, 6) is 3.04. The average molecular weight is 317 g/mol. The molecule has 1 aromatic heterocycles. The molecule has 0 aliphatic carbocycles. The smallest absolute Gasteiger partial charge is 0.128 e. The van der Waals surface area contributed by atoms with E-state index in [1.54, 1.807) is 0 Å². The van der Waals surface area contributed by atoms with Crippen LogP contribution in [-0.2, 0) is 0 Å². The van der Waals surface area contributed by atoms with E-state index in [9.17, 15) is 0 Å². The van der Waals surface area contributed by atoms with E-state index in [2.05, 4.69) is 23.4 Å². The fourth-order valence-electron chi connectivity index (χ4n) is 2.21. The van der Waals surface area contributed by atoms with Gasteiger partial charge in [-0.05, 0) is 31.7 Å². The van der Waals surface area contributed by atoms with E-state index in [0.717, 1.165) is 33.4 Å². The van der Waals surface area contributed by atoms with Gasteiger partial charge in [0.05, 0.1) is 21.4 Å². The molecule has 0 saturated carbocycles. The quantitative estimate of drug-likeness (QED) is 0.696. The van der Waals surface area contributed by atoms with Crippen LogP contribution >= 0.6 is 35.0 Å². The van der Waals surface area contributed by atoms with E-state index in [4.69, 9.17) is 23.2 Å². The van der Waals surface area contributed by atoms with Crippen LogP contribution in [-0.4, -0.2) is 21.1 Å². The molecule has 0 radical (unpaired) electrons. The van der Waals surface area contributed by atoms with E-state index >= 15 is 0 Å². The van der Waals surface area contributed by atoms with E-state index in [-0.39, 0.29) is 5.38 Å². The first-order chi connectivity index (χ1) is 9.06. The van der Waals surface area contributed by atoms with Crippen LogP contribution in [0.3, 0.4) is 0 Å². The van der Waals surface area contributed by atoms with Gasteiger partial charge in [0, 0.05) is 11.8 Å². The number of rotatable bonds is 5. The Kier molecular flexibility index (Phi) is 5.04. The first-order valence-electron chi connectivity index (χ1n) is 6.44. The van der Waals surface area contributed by atoms with E-state index in [1.807, 2.05) is 36.9 Å². The first kappa shape index (κ1) is 15.0. The Morgan fingerprint density at radius 2 is 2.11 bits per heavy atom. The molecule has 2 atom stereocenters. The van der Waals surface area contributed by atoms with Crippen LogP contribution in [0.25, 0.3) is 11.0 Å². The van der Waals surface area contributed by atoms with Gasteiger partial charge < -0.3 is 4.57 Å². The van der Waals surface area contributed by atoms with Crippen molar-refractivity contribution in [1.82, 2.24) is 9.55 Å². The molecule has 0 aliphatic heterocycles. The molecule has 0 N–H and O–H groups in total. The van der Waals surface area contributed by atoms with E-state index in [0.29, 0.717) is 6.04 Å². The van der Waals surface area contributed by atoms with Crippen molar-refractivity contribution in [1.29, 1.82) is 0 Å². The van der Waals surface area contributed by atoms with Crippen molar-refractivity contribution in [3.05, 3.63) is 29.0 Å². The van der Waals surface area contributed by atoms with Crippen LogP contribution in [0.4, 0.5) is 0 Å². The lowest BCUT2D eigenvalue weighted by molar-refractivity contribution is 0.593. The topological polar surface area (TPSA) is 17.8 Å². The van der Waals surface area contributed by atoms with Gasteiger partial charge in [-0.3, -0.25) is 0 Å². The van der Waals surface area contributed by atoms with Crippen LogP contribution in [0, 0.1) is 0 Å². The molecule has 2 rings (SSSR count). The predicted molar refractivity (Wildman–Crippen MR) is 86.7 cm³/mol. The van der Waals surface area contributed by atoms with Crippen LogP contribution in [0.15, 0.2) is 18.2 Å². The lowest BCUT2D eigenvalue weighted by atomic mass is 10.3. The summed E-state index contributed by atoms with van der Waals surface area (Å²) in [6, 6.07) is 6.15. The molecule has 0 bridgehead atoms. The number of hydrogen-bond acceptors (Lipinski definition) is 2. The number of aromatic nitrogens is 2. The second kappa shape index (κ2) is 6.38.